The Hall–Kier alpha value is -2.73. The predicted molar refractivity (Wildman–Crippen MR) is 105 cm³/mol. The molecule has 1 atom stereocenters. The zero-order valence-electron chi connectivity index (χ0n) is 15.4. The molecular weight excluding hydrogens is 345 g/mol. The standard InChI is InChI=1S/C21H24FN3O2/c1-2-15-8-10-16(11-9-15)20(26)25-21(23-14-19-7-4-12-27-19)24-18-6-3-5-17(22)13-18/h3,5-6,8-11,13,19H,2,4,7,12,14H2,1H3,(H2,23,24,25,26). The predicted octanol–water partition coefficient (Wildman–Crippen LogP) is 3.77. The fraction of sp³-hybridized carbons (Fsp3) is 0.333. The maximum atomic E-state index is 13.5. The number of ether oxygens (including phenoxy) is 1. The number of anilines is 1. The summed E-state index contributed by atoms with van der Waals surface area (Å²) in [6.07, 6.45) is 2.93. The summed E-state index contributed by atoms with van der Waals surface area (Å²) in [6.45, 7) is 3.24. The summed E-state index contributed by atoms with van der Waals surface area (Å²) in [5.74, 6) is -0.353. The van der Waals surface area contributed by atoms with Crippen molar-refractivity contribution in [1.29, 1.82) is 0 Å². The molecule has 1 amide bonds. The number of benzene rings is 2. The van der Waals surface area contributed by atoms with Crippen LogP contribution in [0.4, 0.5) is 10.1 Å². The van der Waals surface area contributed by atoms with E-state index >= 15 is 0 Å². The van der Waals surface area contributed by atoms with Crippen molar-refractivity contribution in [1.82, 2.24) is 5.32 Å². The van der Waals surface area contributed by atoms with Crippen LogP contribution >= 0.6 is 0 Å². The van der Waals surface area contributed by atoms with Crippen LogP contribution in [0.2, 0.25) is 0 Å². The van der Waals surface area contributed by atoms with Crippen LogP contribution < -0.4 is 10.6 Å². The van der Waals surface area contributed by atoms with Gasteiger partial charge in [-0.2, -0.15) is 0 Å². The maximum absolute atomic E-state index is 13.5. The van der Waals surface area contributed by atoms with Crippen LogP contribution in [0.25, 0.3) is 0 Å². The Morgan fingerprint density at radius 3 is 2.74 bits per heavy atom. The van der Waals surface area contributed by atoms with Crippen molar-refractivity contribution in [2.24, 2.45) is 4.99 Å². The van der Waals surface area contributed by atoms with Crippen LogP contribution in [-0.4, -0.2) is 31.1 Å². The van der Waals surface area contributed by atoms with Crippen molar-refractivity contribution in [2.45, 2.75) is 32.3 Å². The second kappa shape index (κ2) is 9.28. The summed E-state index contributed by atoms with van der Waals surface area (Å²) in [4.78, 5) is 17.0. The lowest BCUT2D eigenvalue weighted by Gasteiger charge is -2.13. The Morgan fingerprint density at radius 2 is 2.07 bits per heavy atom. The average Bonchev–Trinajstić information content (AvgIpc) is 3.20. The summed E-state index contributed by atoms with van der Waals surface area (Å²) in [6, 6.07) is 13.5. The maximum Gasteiger partial charge on any atom is 0.257 e. The van der Waals surface area contributed by atoms with Gasteiger partial charge in [0.2, 0.25) is 5.96 Å². The van der Waals surface area contributed by atoms with E-state index in [0.717, 1.165) is 31.4 Å². The van der Waals surface area contributed by atoms with Gasteiger partial charge in [-0.05, 0) is 55.2 Å². The van der Waals surface area contributed by atoms with E-state index in [1.54, 1.807) is 24.3 Å². The highest BCUT2D eigenvalue weighted by Crippen LogP contribution is 2.13. The smallest absolute Gasteiger partial charge is 0.257 e. The zero-order chi connectivity index (χ0) is 19.1. The number of hydrogen-bond donors (Lipinski definition) is 2. The highest BCUT2D eigenvalue weighted by Gasteiger charge is 2.16. The van der Waals surface area contributed by atoms with Crippen molar-refractivity contribution in [3.05, 3.63) is 65.5 Å². The van der Waals surface area contributed by atoms with E-state index in [1.165, 1.54) is 12.1 Å². The topological polar surface area (TPSA) is 62.7 Å². The van der Waals surface area contributed by atoms with E-state index in [-0.39, 0.29) is 23.8 Å². The molecule has 27 heavy (non-hydrogen) atoms. The first kappa shape index (κ1) is 19.0. The first-order valence-electron chi connectivity index (χ1n) is 9.23. The Labute approximate surface area is 158 Å². The highest BCUT2D eigenvalue weighted by atomic mass is 19.1. The van der Waals surface area contributed by atoms with Gasteiger partial charge in [0, 0.05) is 17.9 Å². The van der Waals surface area contributed by atoms with Gasteiger partial charge in [-0.25, -0.2) is 9.38 Å². The molecule has 1 aliphatic rings. The molecule has 0 radical (unpaired) electrons. The van der Waals surface area contributed by atoms with Crippen LogP contribution in [0, 0.1) is 5.82 Å². The molecule has 1 unspecified atom stereocenters. The molecule has 0 saturated carbocycles. The van der Waals surface area contributed by atoms with Crippen molar-refractivity contribution in [2.75, 3.05) is 18.5 Å². The van der Waals surface area contributed by atoms with Crippen LogP contribution in [0.3, 0.4) is 0 Å². The van der Waals surface area contributed by atoms with Gasteiger partial charge in [-0.1, -0.05) is 25.1 Å². The summed E-state index contributed by atoms with van der Waals surface area (Å²) in [7, 11) is 0. The van der Waals surface area contributed by atoms with E-state index in [4.69, 9.17) is 4.74 Å². The van der Waals surface area contributed by atoms with Gasteiger partial charge in [0.05, 0.1) is 12.6 Å². The lowest BCUT2D eigenvalue weighted by Crippen LogP contribution is -2.36. The largest absolute Gasteiger partial charge is 0.376 e. The normalized spacial score (nSPS) is 17.0. The van der Waals surface area contributed by atoms with Gasteiger partial charge in [0.25, 0.3) is 5.91 Å². The van der Waals surface area contributed by atoms with Crippen molar-refractivity contribution in [3.8, 4) is 0 Å². The van der Waals surface area contributed by atoms with Crippen LogP contribution in [-0.2, 0) is 11.2 Å². The van der Waals surface area contributed by atoms with Crippen LogP contribution in [0.5, 0.6) is 0 Å². The number of nitrogens with zero attached hydrogens (tertiary/aromatic N) is 1. The minimum absolute atomic E-state index is 0.0510. The molecule has 3 rings (SSSR count). The Bertz CT molecular complexity index is 799. The monoisotopic (exact) mass is 369 g/mol. The third-order valence-corrected chi connectivity index (χ3v) is 4.42. The molecule has 0 spiro atoms. The number of halogens is 1. The zero-order valence-corrected chi connectivity index (χ0v) is 15.4. The first-order chi connectivity index (χ1) is 13.1. The quantitative estimate of drug-likeness (QED) is 0.623. The van der Waals surface area contributed by atoms with Gasteiger partial charge in [0.1, 0.15) is 5.82 Å². The van der Waals surface area contributed by atoms with Crippen molar-refractivity contribution < 1.29 is 13.9 Å². The van der Waals surface area contributed by atoms with Gasteiger partial charge >= 0.3 is 0 Å². The minimum atomic E-state index is -0.361. The van der Waals surface area contributed by atoms with E-state index in [1.807, 2.05) is 12.1 Å². The fourth-order valence-electron chi connectivity index (χ4n) is 2.87. The molecule has 0 aliphatic carbocycles. The number of aryl methyl sites for hydroxylation is 1. The Morgan fingerprint density at radius 1 is 1.26 bits per heavy atom. The number of guanidine groups is 1. The molecule has 6 heteroatoms. The van der Waals surface area contributed by atoms with E-state index in [9.17, 15) is 9.18 Å². The molecule has 1 saturated heterocycles. The van der Waals surface area contributed by atoms with Gasteiger partial charge < -0.3 is 10.1 Å². The van der Waals surface area contributed by atoms with Gasteiger partial charge in [-0.15, -0.1) is 0 Å². The lowest BCUT2D eigenvalue weighted by molar-refractivity contribution is 0.0975. The molecule has 142 valence electrons. The number of carbonyl (C=O) groups is 1. The average molecular weight is 369 g/mol. The Balaban J connectivity index is 1.73. The third-order valence-electron chi connectivity index (χ3n) is 4.42. The van der Waals surface area contributed by atoms with E-state index in [2.05, 4.69) is 22.5 Å². The first-order valence-corrected chi connectivity index (χ1v) is 9.23. The minimum Gasteiger partial charge on any atom is -0.376 e. The Kier molecular flexibility index (Phi) is 6.54. The summed E-state index contributed by atoms with van der Waals surface area (Å²) >= 11 is 0. The number of hydrogen-bond acceptors (Lipinski definition) is 3. The number of amides is 1. The summed E-state index contributed by atoms with van der Waals surface area (Å²) < 4.78 is 19.0. The van der Waals surface area contributed by atoms with Crippen LogP contribution in [0.15, 0.2) is 53.5 Å². The fourth-order valence-corrected chi connectivity index (χ4v) is 2.87. The van der Waals surface area contributed by atoms with Crippen molar-refractivity contribution in [3.63, 3.8) is 0 Å². The van der Waals surface area contributed by atoms with Crippen molar-refractivity contribution >= 4 is 17.6 Å². The third kappa shape index (κ3) is 5.62. The number of carbonyl (C=O) groups excluding carboxylic acids is 1. The molecular formula is C21H24FN3O2. The molecule has 2 N–H and O–H groups in total. The molecule has 2 aromatic rings. The number of rotatable bonds is 5. The van der Waals surface area contributed by atoms with Gasteiger partial charge in [0.15, 0.2) is 0 Å². The van der Waals surface area contributed by atoms with E-state index in [0.29, 0.717) is 17.8 Å². The second-order valence-corrected chi connectivity index (χ2v) is 6.46. The molecule has 0 aromatic heterocycles. The summed E-state index contributed by atoms with van der Waals surface area (Å²) in [5.41, 5.74) is 2.22. The van der Waals surface area contributed by atoms with E-state index < -0.39 is 0 Å². The second-order valence-electron chi connectivity index (χ2n) is 6.46. The van der Waals surface area contributed by atoms with Gasteiger partial charge in [-0.3, -0.25) is 10.1 Å². The molecule has 1 fully saturated rings. The molecule has 0 bridgehead atoms. The highest BCUT2D eigenvalue weighted by molar-refractivity contribution is 6.09. The SMILES string of the molecule is CCc1ccc(C(=O)NC(=NCC2CCCO2)Nc2cccc(F)c2)cc1. The van der Waals surface area contributed by atoms with Crippen LogP contribution in [0.1, 0.15) is 35.7 Å². The number of nitrogens with one attached hydrogen (secondary N) is 2. The lowest BCUT2D eigenvalue weighted by atomic mass is 10.1. The molecule has 1 heterocycles. The summed E-state index contributed by atoms with van der Waals surface area (Å²) in [5, 5.41) is 5.77. The molecule has 2 aromatic carbocycles. The molecule has 1 aliphatic heterocycles. The number of aliphatic imine (C=N–C) groups is 1. The molecule has 5 nitrogen and oxygen atoms in total.